The lowest BCUT2D eigenvalue weighted by Crippen LogP contribution is -2.43. The summed E-state index contributed by atoms with van der Waals surface area (Å²) in [6.07, 6.45) is 1.82. The number of hydrogen-bond donors (Lipinski definition) is 1. The molecule has 0 fully saturated rings. The molecule has 98 valence electrons. The minimum atomic E-state index is -0.206. The molecular formula is C12H20BrNO2S. The second-order valence-corrected chi connectivity index (χ2v) is 5.75. The monoisotopic (exact) mass is 321 g/mol. The third kappa shape index (κ3) is 5.06. The number of halogens is 1. The van der Waals surface area contributed by atoms with Gasteiger partial charge in [-0.2, -0.15) is 0 Å². The van der Waals surface area contributed by atoms with Crippen LogP contribution in [0.5, 0.6) is 0 Å². The Hall–Kier alpha value is 0.0600. The zero-order chi connectivity index (χ0) is 12.7. The van der Waals surface area contributed by atoms with Crippen molar-refractivity contribution in [2.45, 2.75) is 32.1 Å². The highest BCUT2D eigenvalue weighted by atomic mass is 79.9. The van der Waals surface area contributed by atoms with Gasteiger partial charge in [0.2, 0.25) is 0 Å². The fraction of sp³-hybridized carbons (Fsp3) is 0.667. The predicted molar refractivity (Wildman–Crippen MR) is 75.6 cm³/mol. The molecule has 0 bridgehead atoms. The molecule has 0 aliphatic carbocycles. The summed E-state index contributed by atoms with van der Waals surface area (Å²) in [6, 6.07) is 2.34. The first kappa shape index (κ1) is 15.1. The van der Waals surface area contributed by atoms with Crippen LogP contribution >= 0.6 is 27.3 Å². The van der Waals surface area contributed by atoms with Crippen LogP contribution in [0.15, 0.2) is 15.9 Å². The highest BCUT2D eigenvalue weighted by molar-refractivity contribution is 9.10. The van der Waals surface area contributed by atoms with Gasteiger partial charge in [0.25, 0.3) is 0 Å². The van der Waals surface area contributed by atoms with Gasteiger partial charge < -0.3 is 14.8 Å². The summed E-state index contributed by atoms with van der Waals surface area (Å²) in [6.45, 7) is 3.13. The molecule has 1 aromatic heterocycles. The second kappa shape index (κ2) is 8.21. The van der Waals surface area contributed by atoms with E-state index in [4.69, 9.17) is 9.47 Å². The van der Waals surface area contributed by atoms with Crippen LogP contribution in [0, 0.1) is 0 Å². The Labute approximate surface area is 116 Å². The van der Waals surface area contributed by atoms with E-state index in [-0.39, 0.29) is 12.3 Å². The summed E-state index contributed by atoms with van der Waals surface area (Å²) in [5.74, 6) is 0. The average Bonchev–Trinajstić information content (AvgIpc) is 2.73. The smallest absolute Gasteiger partial charge is 0.172 e. The van der Waals surface area contributed by atoms with Crippen LogP contribution in [0.25, 0.3) is 0 Å². The molecule has 0 amide bonds. The highest BCUT2D eigenvalue weighted by Gasteiger charge is 2.21. The number of nitrogens with one attached hydrogen (secondary N) is 1. The maximum absolute atomic E-state index is 5.35. The fourth-order valence-electron chi connectivity index (χ4n) is 1.70. The largest absolute Gasteiger partial charge is 0.354 e. The topological polar surface area (TPSA) is 30.5 Å². The van der Waals surface area contributed by atoms with Crippen LogP contribution in [-0.4, -0.2) is 33.1 Å². The summed E-state index contributed by atoms with van der Waals surface area (Å²) in [5.41, 5.74) is 0. The Kier molecular flexibility index (Phi) is 7.30. The van der Waals surface area contributed by atoms with Crippen molar-refractivity contribution < 1.29 is 9.47 Å². The van der Waals surface area contributed by atoms with Gasteiger partial charge in [0, 0.05) is 35.4 Å². The molecule has 0 radical (unpaired) electrons. The molecule has 1 unspecified atom stereocenters. The molecule has 1 aromatic rings. The Bertz CT molecular complexity index is 315. The van der Waals surface area contributed by atoms with Gasteiger partial charge in [-0.05, 0) is 35.0 Å². The van der Waals surface area contributed by atoms with E-state index in [1.807, 2.05) is 0 Å². The molecule has 0 saturated carbocycles. The normalized spacial score (nSPS) is 13.2. The Morgan fingerprint density at radius 1 is 1.41 bits per heavy atom. The SMILES string of the molecule is CCCNC(Cc1cc(Br)cs1)C(OC)OC. The van der Waals surface area contributed by atoms with Crippen molar-refractivity contribution in [2.24, 2.45) is 0 Å². The van der Waals surface area contributed by atoms with E-state index >= 15 is 0 Å². The lowest BCUT2D eigenvalue weighted by atomic mass is 10.1. The van der Waals surface area contributed by atoms with Gasteiger partial charge in [0.15, 0.2) is 6.29 Å². The molecule has 3 nitrogen and oxygen atoms in total. The predicted octanol–water partition coefficient (Wildman–Crippen LogP) is 3.04. The molecule has 17 heavy (non-hydrogen) atoms. The van der Waals surface area contributed by atoms with Crippen molar-refractivity contribution in [3.63, 3.8) is 0 Å². The number of thiophene rings is 1. The standard InChI is InChI=1S/C12H20BrNO2S/c1-4-5-14-11(12(15-2)16-3)7-10-6-9(13)8-17-10/h6,8,11-12,14H,4-5,7H2,1-3H3. The van der Waals surface area contributed by atoms with E-state index in [0.717, 1.165) is 23.9 Å². The minimum Gasteiger partial charge on any atom is -0.354 e. The highest BCUT2D eigenvalue weighted by Crippen LogP contribution is 2.22. The quantitative estimate of drug-likeness (QED) is 0.746. The van der Waals surface area contributed by atoms with Gasteiger partial charge >= 0.3 is 0 Å². The van der Waals surface area contributed by atoms with E-state index < -0.39 is 0 Å². The molecule has 1 atom stereocenters. The number of rotatable bonds is 8. The van der Waals surface area contributed by atoms with Crippen LogP contribution < -0.4 is 5.32 Å². The number of hydrogen-bond acceptors (Lipinski definition) is 4. The van der Waals surface area contributed by atoms with Crippen molar-refractivity contribution in [3.05, 3.63) is 20.8 Å². The minimum absolute atomic E-state index is 0.190. The van der Waals surface area contributed by atoms with E-state index in [9.17, 15) is 0 Å². The van der Waals surface area contributed by atoms with E-state index in [1.54, 1.807) is 25.6 Å². The van der Waals surface area contributed by atoms with Crippen LogP contribution in [0.3, 0.4) is 0 Å². The summed E-state index contributed by atoms with van der Waals surface area (Å²) < 4.78 is 11.8. The molecule has 5 heteroatoms. The maximum atomic E-state index is 5.35. The maximum Gasteiger partial charge on any atom is 0.172 e. The summed E-state index contributed by atoms with van der Waals surface area (Å²) in [7, 11) is 3.36. The van der Waals surface area contributed by atoms with Gasteiger partial charge in [-0.15, -0.1) is 11.3 Å². The second-order valence-electron chi connectivity index (χ2n) is 3.84. The lowest BCUT2D eigenvalue weighted by Gasteiger charge is -2.25. The van der Waals surface area contributed by atoms with E-state index in [1.165, 1.54) is 4.88 Å². The molecular weight excluding hydrogens is 302 g/mol. The van der Waals surface area contributed by atoms with Gasteiger partial charge in [-0.3, -0.25) is 0 Å². The van der Waals surface area contributed by atoms with E-state index in [0.29, 0.717) is 0 Å². The van der Waals surface area contributed by atoms with Crippen molar-refractivity contribution >= 4 is 27.3 Å². The average molecular weight is 322 g/mol. The first-order chi connectivity index (χ1) is 8.21. The lowest BCUT2D eigenvalue weighted by molar-refractivity contribution is -0.122. The van der Waals surface area contributed by atoms with Gasteiger partial charge in [-0.1, -0.05) is 6.92 Å². The summed E-state index contributed by atoms with van der Waals surface area (Å²) in [4.78, 5) is 1.32. The summed E-state index contributed by atoms with van der Waals surface area (Å²) >= 11 is 5.23. The number of ether oxygens (including phenoxy) is 2. The Balaban J connectivity index is 2.61. The van der Waals surface area contributed by atoms with Crippen LogP contribution in [0.1, 0.15) is 18.2 Å². The molecule has 0 aliphatic rings. The first-order valence-electron chi connectivity index (χ1n) is 5.73. The first-order valence-corrected chi connectivity index (χ1v) is 7.40. The Morgan fingerprint density at radius 2 is 2.12 bits per heavy atom. The molecule has 1 heterocycles. The molecule has 0 spiro atoms. The summed E-state index contributed by atoms with van der Waals surface area (Å²) in [5, 5.41) is 5.57. The van der Waals surface area contributed by atoms with E-state index in [2.05, 4.69) is 39.6 Å². The van der Waals surface area contributed by atoms with Crippen molar-refractivity contribution in [2.75, 3.05) is 20.8 Å². The van der Waals surface area contributed by atoms with Crippen LogP contribution in [0.4, 0.5) is 0 Å². The zero-order valence-corrected chi connectivity index (χ0v) is 12.9. The van der Waals surface area contributed by atoms with Crippen LogP contribution in [-0.2, 0) is 15.9 Å². The van der Waals surface area contributed by atoms with Gasteiger partial charge in [-0.25, -0.2) is 0 Å². The fourth-order valence-corrected chi connectivity index (χ4v) is 3.21. The molecule has 1 rings (SSSR count). The Morgan fingerprint density at radius 3 is 2.59 bits per heavy atom. The van der Waals surface area contributed by atoms with Crippen LogP contribution in [0.2, 0.25) is 0 Å². The van der Waals surface area contributed by atoms with Gasteiger partial charge in [0.1, 0.15) is 0 Å². The zero-order valence-electron chi connectivity index (χ0n) is 10.5. The third-order valence-corrected chi connectivity index (χ3v) is 4.21. The van der Waals surface area contributed by atoms with Gasteiger partial charge in [0.05, 0.1) is 6.04 Å². The molecule has 0 saturated heterocycles. The van der Waals surface area contributed by atoms with Crippen molar-refractivity contribution in [1.82, 2.24) is 5.32 Å². The third-order valence-electron chi connectivity index (χ3n) is 2.49. The van der Waals surface area contributed by atoms with Crippen molar-refractivity contribution in [3.8, 4) is 0 Å². The number of methoxy groups -OCH3 is 2. The molecule has 1 N–H and O–H groups in total. The molecule has 0 aliphatic heterocycles. The van der Waals surface area contributed by atoms with Crippen molar-refractivity contribution in [1.29, 1.82) is 0 Å². The molecule has 0 aromatic carbocycles.